The van der Waals surface area contributed by atoms with Crippen molar-refractivity contribution >= 4 is 41.9 Å². The quantitative estimate of drug-likeness (QED) is 0.305. The second-order valence-electron chi connectivity index (χ2n) is 11.3. The number of carbonyl (C=O) groups is 7. The van der Waals surface area contributed by atoms with Gasteiger partial charge in [0.1, 0.15) is 6.04 Å². The highest BCUT2D eigenvalue weighted by Gasteiger charge is 2.44. The van der Waals surface area contributed by atoms with Gasteiger partial charge in [0, 0.05) is 31.0 Å². The van der Waals surface area contributed by atoms with Crippen molar-refractivity contribution in [3.8, 4) is 0 Å². The Morgan fingerprint density at radius 2 is 1.57 bits per heavy atom. The van der Waals surface area contributed by atoms with Crippen LogP contribution in [-0.2, 0) is 32.1 Å². The van der Waals surface area contributed by atoms with Crippen molar-refractivity contribution < 1.29 is 33.6 Å². The molecule has 1 saturated heterocycles. The third-order valence-electron chi connectivity index (χ3n) is 8.09. The topological polar surface area (TPSA) is 150 Å². The van der Waals surface area contributed by atoms with Crippen molar-refractivity contribution in [3.63, 3.8) is 0 Å². The Balaban J connectivity index is 0.000000296. The molecule has 0 radical (unpaired) electrons. The van der Waals surface area contributed by atoms with E-state index < -0.39 is 23.8 Å². The average molecular weight is 649 g/mol. The van der Waals surface area contributed by atoms with Gasteiger partial charge in [-0.2, -0.15) is 0 Å². The predicted octanol–water partition coefficient (Wildman–Crippen LogP) is 4.91. The number of fused-ring (bicyclic) bond motifs is 2. The minimum absolute atomic E-state index is 0.0311. The molecular weight excluding hydrogens is 600 g/mol. The average Bonchev–Trinajstić information content (AvgIpc) is 3.54. The monoisotopic (exact) mass is 648 g/mol. The van der Waals surface area contributed by atoms with Crippen molar-refractivity contribution in [1.82, 2.24) is 20.4 Å². The first kappa shape index (κ1) is 38.5. The molecular formula is C36H48N4O7. The Morgan fingerprint density at radius 3 is 2.17 bits per heavy atom. The number of rotatable bonds is 8. The number of carbonyl (C=O) groups excluding carboxylic acids is 7. The fourth-order valence-corrected chi connectivity index (χ4v) is 5.43. The van der Waals surface area contributed by atoms with Crippen LogP contribution < -0.4 is 10.6 Å². The summed E-state index contributed by atoms with van der Waals surface area (Å²) in [4.78, 5) is 84.8. The fraction of sp³-hybridized carbons (Fsp3) is 0.472. The van der Waals surface area contributed by atoms with E-state index in [-0.39, 0.29) is 48.9 Å². The van der Waals surface area contributed by atoms with Crippen molar-refractivity contribution in [2.45, 2.75) is 112 Å². The third-order valence-corrected chi connectivity index (χ3v) is 8.09. The van der Waals surface area contributed by atoms with Crippen LogP contribution in [0.25, 0.3) is 0 Å². The lowest BCUT2D eigenvalue weighted by molar-refractivity contribution is -0.136. The fourth-order valence-electron chi connectivity index (χ4n) is 5.43. The highest BCUT2D eigenvalue weighted by molar-refractivity contribution is 6.23. The van der Waals surface area contributed by atoms with Crippen LogP contribution in [0.5, 0.6) is 0 Å². The number of hydrogen-bond donors (Lipinski definition) is 2. The summed E-state index contributed by atoms with van der Waals surface area (Å²) in [6.45, 7) is 16.6. The van der Waals surface area contributed by atoms with E-state index in [1.165, 1.54) is 0 Å². The summed E-state index contributed by atoms with van der Waals surface area (Å²) in [6.07, 6.45) is 2.37. The van der Waals surface area contributed by atoms with Crippen molar-refractivity contribution in [3.05, 3.63) is 69.8 Å². The maximum atomic E-state index is 12.5. The van der Waals surface area contributed by atoms with Crippen LogP contribution in [0.4, 0.5) is 0 Å². The minimum Gasteiger partial charge on any atom is -0.332 e. The molecule has 11 nitrogen and oxygen atoms in total. The summed E-state index contributed by atoms with van der Waals surface area (Å²) in [6, 6.07) is 10.3. The number of nitrogens with zero attached hydrogens (tertiary/aromatic N) is 2. The Labute approximate surface area is 277 Å². The number of benzene rings is 2. The lowest BCUT2D eigenvalue weighted by Crippen LogP contribution is -2.54. The molecule has 2 aromatic carbocycles. The van der Waals surface area contributed by atoms with Gasteiger partial charge in [0.25, 0.3) is 17.7 Å². The largest absolute Gasteiger partial charge is 0.332 e. The first-order valence-electron chi connectivity index (χ1n) is 16.5. The Bertz CT molecular complexity index is 1500. The van der Waals surface area contributed by atoms with Crippen LogP contribution in [0.3, 0.4) is 0 Å². The van der Waals surface area contributed by atoms with Gasteiger partial charge in [0.2, 0.25) is 24.1 Å². The molecule has 7 amide bonds. The third kappa shape index (κ3) is 8.99. The van der Waals surface area contributed by atoms with Crippen LogP contribution in [0.1, 0.15) is 135 Å². The molecule has 1 fully saturated rings. The van der Waals surface area contributed by atoms with Crippen LogP contribution in [0, 0.1) is 0 Å². The van der Waals surface area contributed by atoms with E-state index in [4.69, 9.17) is 0 Å². The molecule has 5 rings (SSSR count). The maximum absolute atomic E-state index is 12.5. The number of nitrogens with one attached hydrogen (secondary N) is 2. The lowest BCUT2D eigenvalue weighted by atomic mass is 9.98. The van der Waals surface area contributed by atoms with Crippen LogP contribution in [0.15, 0.2) is 36.4 Å². The smallest absolute Gasteiger partial charge is 0.262 e. The molecule has 254 valence electrons. The van der Waals surface area contributed by atoms with Gasteiger partial charge in [-0.3, -0.25) is 49.1 Å². The summed E-state index contributed by atoms with van der Waals surface area (Å²) in [5.41, 5.74) is 4.59. The number of amides is 7. The van der Waals surface area contributed by atoms with Gasteiger partial charge < -0.3 is 4.90 Å². The summed E-state index contributed by atoms with van der Waals surface area (Å²) in [7, 11) is 0. The van der Waals surface area contributed by atoms with E-state index in [1.54, 1.807) is 17.0 Å². The van der Waals surface area contributed by atoms with Crippen LogP contribution >= 0.6 is 0 Å². The zero-order valence-corrected chi connectivity index (χ0v) is 28.8. The molecule has 2 N–H and O–H groups in total. The number of aryl methyl sites for hydroxylation is 1. The standard InChI is InChI=1S/C16H16N2O4.C16H20N2O3.2C2H6/c1-8(2)9-3-4-10-11(7-9)16(22)18(15(10)21)12-5-6-13(19)17-14(12)20;1-3-12-5-6-13-9-18(16(21)14(13)8-12)11(2)4-7-15(20)17-10-19;2*1-2/h3-4,7-8,12H,5-6H2,1-2H3,(H,17,19,20);5-6,8,10-11H,3-4,7,9H2,1-2H3,(H,17,19,20);2*1-2H3/t12-;11-;;/m10../s1. The Morgan fingerprint density at radius 1 is 0.915 bits per heavy atom. The highest BCUT2D eigenvalue weighted by Crippen LogP contribution is 2.30. The van der Waals surface area contributed by atoms with Crippen LogP contribution in [-0.4, -0.2) is 63.7 Å². The van der Waals surface area contributed by atoms with Gasteiger partial charge >= 0.3 is 0 Å². The van der Waals surface area contributed by atoms with Crippen molar-refractivity contribution in [2.24, 2.45) is 0 Å². The van der Waals surface area contributed by atoms with Crippen LogP contribution in [0.2, 0.25) is 0 Å². The molecule has 11 heteroatoms. The number of imide groups is 3. The van der Waals surface area contributed by atoms with E-state index in [2.05, 4.69) is 23.6 Å². The zero-order valence-electron chi connectivity index (χ0n) is 28.8. The van der Waals surface area contributed by atoms with E-state index >= 15 is 0 Å². The molecule has 0 aliphatic carbocycles. The van der Waals surface area contributed by atoms with E-state index in [0.717, 1.165) is 33.6 Å². The summed E-state index contributed by atoms with van der Waals surface area (Å²) in [5, 5.41) is 4.29. The molecule has 2 atom stereocenters. The van der Waals surface area contributed by atoms with E-state index in [0.29, 0.717) is 30.5 Å². The molecule has 2 aromatic rings. The van der Waals surface area contributed by atoms with Gasteiger partial charge in [-0.05, 0) is 67.0 Å². The first-order chi connectivity index (χ1) is 22.5. The normalized spacial score (nSPS) is 16.9. The van der Waals surface area contributed by atoms with Gasteiger partial charge in [-0.25, -0.2) is 0 Å². The second kappa shape index (κ2) is 17.9. The van der Waals surface area contributed by atoms with E-state index in [9.17, 15) is 33.6 Å². The molecule has 0 aromatic heterocycles. The Kier molecular flexibility index (Phi) is 14.6. The zero-order chi connectivity index (χ0) is 35.4. The van der Waals surface area contributed by atoms with E-state index in [1.807, 2.05) is 66.7 Å². The summed E-state index contributed by atoms with van der Waals surface area (Å²) >= 11 is 0. The molecule has 3 heterocycles. The van der Waals surface area contributed by atoms with Gasteiger partial charge in [-0.1, -0.05) is 66.7 Å². The first-order valence-corrected chi connectivity index (χ1v) is 16.5. The van der Waals surface area contributed by atoms with Gasteiger partial charge in [0.05, 0.1) is 11.1 Å². The SMILES string of the molecule is CC.CC.CC(C)c1ccc2c(c1)C(=O)N([C@@H]1CCC(=O)NC1=O)C2=O.CCc1ccc2c(c1)C(=O)N([C@@H](C)CCC(=O)NC=O)C2. The van der Waals surface area contributed by atoms with Gasteiger partial charge in [-0.15, -0.1) is 0 Å². The molecule has 0 bridgehead atoms. The Hall–Kier alpha value is -4.67. The highest BCUT2D eigenvalue weighted by atomic mass is 16.2. The number of hydrogen-bond acceptors (Lipinski definition) is 7. The molecule has 3 aliphatic rings. The second-order valence-corrected chi connectivity index (χ2v) is 11.3. The summed E-state index contributed by atoms with van der Waals surface area (Å²) in [5.74, 6) is -1.94. The molecule has 0 saturated carbocycles. The molecule has 0 spiro atoms. The summed E-state index contributed by atoms with van der Waals surface area (Å²) < 4.78 is 0. The van der Waals surface area contributed by atoms with Gasteiger partial charge in [0.15, 0.2) is 0 Å². The molecule has 0 unspecified atom stereocenters. The van der Waals surface area contributed by atoms with Crippen molar-refractivity contribution in [1.29, 1.82) is 0 Å². The predicted molar refractivity (Wildman–Crippen MR) is 178 cm³/mol. The molecule has 3 aliphatic heterocycles. The maximum Gasteiger partial charge on any atom is 0.262 e. The van der Waals surface area contributed by atoms with Crippen molar-refractivity contribution in [2.75, 3.05) is 0 Å². The molecule has 47 heavy (non-hydrogen) atoms. The minimum atomic E-state index is -0.910. The number of piperidine rings is 1. The lowest BCUT2D eigenvalue weighted by Gasteiger charge is -2.27.